The first-order valence-electron chi connectivity index (χ1n) is 10.7. The maximum atomic E-state index is 13.4. The monoisotopic (exact) mass is 429 g/mol. The maximum Gasteiger partial charge on any atom is 0.227 e. The van der Waals surface area contributed by atoms with Crippen LogP contribution in [0.2, 0.25) is 0 Å². The highest BCUT2D eigenvalue weighted by Gasteiger charge is 2.24. The van der Waals surface area contributed by atoms with E-state index >= 15 is 0 Å². The van der Waals surface area contributed by atoms with Crippen molar-refractivity contribution in [2.24, 2.45) is 0 Å². The van der Waals surface area contributed by atoms with Gasteiger partial charge in [-0.25, -0.2) is 19.3 Å². The van der Waals surface area contributed by atoms with Gasteiger partial charge < -0.3 is 14.6 Å². The van der Waals surface area contributed by atoms with Crippen LogP contribution < -0.4 is 10.1 Å². The molecule has 162 valence electrons. The fourth-order valence-corrected chi connectivity index (χ4v) is 4.28. The summed E-state index contributed by atoms with van der Waals surface area (Å²) >= 11 is 0. The fourth-order valence-electron chi connectivity index (χ4n) is 4.28. The molecule has 1 N–H and O–H groups in total. The van der Waals surface area contributed by atoms with E-state index in [1.165, 1.54) is 12.1 Å². The second-order valence-electron chi connectivity index (χ2n) is 8.03. The normalized spacial score (nSPS) is 15.3. The second-order valence-corrected chi connectivity index (χ2v) is 8.03. The van der Waals surface area contributed by atoms with Gasteiger partial charge in [0.15, 0.2) is 0 Å². The number of ether oxygens (including phenoxy) is 1. The molecule has 5 rings (SSSR count). The number of nitrogens with zero attached hydrogens (tertiary/aromatic N) is 4. The number of aromatic nitrogens is 4. The molecule has 0 radical (unpaired) electrons. The zero-order chi connectivity index (χ0) is 22.1. The lowest BCUT2D eigenvalue weighted by Crippen LogP contribution is -2.15. The van der Waals surface area contributed by atoms with Crippen molar-refractivity contribution in [1.29, 1.82) is 0 Å². The van der Waals surface area contributed by atoms with E-state index in [0.717, 1.165) is 58.9 Å². The Labute approximate surface area is 186 Å². The summed E-state index contributed by atoms with van der Waals surface area (Å²) in [6, 6.07) is 12.6. The van der Waals surface area contributed by atoms with Crippen LogP contribution >= 0.6 is 0 Å². The van der Waals surface area contributed by atoms with Crippen molar-refractivity contribution in [3.63, 3.8) is 0 Å². The Morgan fingerprint density at radius 2 is 1.97 bits per heavy atom. The van der Waals surface area contributed by atoms with E-state index in [9.17, 15) is 4.39 Å². The number of benzene rings is 2. The summed E-state index contributed by atoms with van der Waals surface area (Å²) in [7, 11) is 1.65. The molecule has 0 amide bonds. The van der Waals surface area contributed by atoms with Gasteiger partial charge in [-0.1, -0.05) is 12.1 Å². The minimum Gasteiger partial charge on any atom is -0.494 e. The highest BCUT2D eigenvalue weighted by molar-refractivity contribution is 5.62. The van der Waals surface area contributed by atoms with Gasteiger partial charge in [-0.05, 0) is 61.6 Å². The van der Waals surface area contributed by atoms with Gasteiger partial charge in [-0.3, -0.25) is 0 Å². The molecule has 0 bridgehead atoms. The largest absolute Gasteiger partial charge is 0.494 e. The Balaban J connectivity index is 1.44. The van der Waals surface area contributed by atoms with E-state index in [4.69, 9.17) is 9.72 Å². The summed E-state index contributed by atoms with van der Waals surface area (Å²) < 4.78 is 20.9. The summed E-state index contributed by atoms with van der Waals surface area (Å²) in [5.41, 5.74) is 5.92. The van der Waals surface area contributed by atoms with Crippen molar-refractivity contribution in [2.75, 3.05) is 12.4 Å². The first-order valence-corrected chi connectivity index (χ1v) is 10.7. The van der Waals surface area contributed by atoms with Crippen LogP contribution in [0.25, 0.3) is 5.69 Å². The molecule has 1 unspecified atom stereocenters. The van der Waals surface area contributed by atoms with E-state index in [2.05, 4.69) is 15.3 Å². The average Bonchev–Trinajstić information content (AvgIpc) is 3.25. The highest BCUT2D eigenvalue weighted by atomic mass is 19.1. The zero-order valence-corrected chi connectivity index (χ0v) is 18.0. The summed E-state index contributed by atoms with van der Waals surface area (Å²) in [6.45, 7) is 1.95. The highest BCUT2D eigenvalue weighted by Crippen LogP contribution is 2.36. The van der Waals surface area contributed by atoms with E-state index in [0.29, 0.717) is 5.95 Å². The third-order valence-electron chi connectivity index (χ3n) is 5.87. The lowest BCUT2D eigenvalue weighted by Gasteiger charge is -2.25. The van der Waals surface area contributed by atoms with Crippen LogP contribution in [-0.2, 0) is 6.42 Å². The molecule has 0 aliphatic heterocycles. The molecule has 7 heteroatoms. The standard InChI is InChI=1S/C25H24FN5O/c1-16-14-31(15-28-16)22-11-10-20(12-23(22)32-2)29-25-27-13-18-4-3-5-21(24(18)30-25)17-6-8-19(26)9-7-17/h6-15,21H,3-5H2,1-2H3,(H,27,29,30). The van der Waals surface area contributed by atoms with Gasteiger partial charge in [0.1, 0.15) is 11.6 Å². The number of anilines is 2. The third-order valence-corrected chi connectivity index (χ3v) is 5.87. The van der Waals surface area contributed by atoms with Crippen LogP contribution in [-0.4, -0.2) is 26.6 Å². The lowest BCUT2D eigenvalue weighted by molar-refractivity contribution is 0.413. The predicted molar refractivity (Wildman–Crippen MR) is 121 cm³/mol. The van der Waals surface area contributed by atoms with Crippen LogP contribution in [0, 0.1) is 12.7 Å². The van der Waals surface area contributed by atoms with Gasteiger partial charge in [0.05, 0.1) is 30.5 Å². The molecule has 4 aromatic rings. The van der Waals surface area contributed by atoms with Crippen molar-refractivity contribution in [3.8, 4) is 11.4 Å². The Bertz CT molecular complexity index is 1250. The number of hydrogen-bond acceptors (Lipinski definition) is 5. The molecule has 2 aromatic carbocycles. The Kier molecular flexibility index (Phi) is 5.31. The van der Waals surface area contributed by atoms with Gasteiger partial charge >= 0.3 is 0 Å². The van der Waals surface area contributed by atoms with Crippen molar-refractivity contribution in [3.05, 3.63) is 89.5 Å². The number of nitrogens with one attached hydrogen (secondary N) is 1. The molecule has 0 saturated heterocycles. The average molecular weight is 429 g/mol. The summed E-state index contributed by atoms with van der Waals surface area (Å²) in [5, 5.41) is 3.31. The number of hydrogen-bond donors (Lipinski definition) is 1. The van der Waals surface area contributed by atoms with Crippen LogP contribution in [0.3, 0.4) is 0 Å². The third kappa shape index (κ3) is 3.93. The van der Waals surface area contributed by atoms with E-state index in [-0.39, 0.29) is 11.7 Å². The van der Waals surface area contributed by atoms with Gasteiger partial charge in [0.2, 0.25) is 5.95 Å². The van der Waals surface area contributed by atoms with Crippen LogP contribution in [0.4, 0.5) is 16.0 Å². The number of rotatable bonds is 5. The summed E-state index contributed by atoms with van der Waals surface area (Å²) in [6.07, 6.45) is 8.63. The minimum absolute atomic E-state index is 0.143. The second kappa shape index (κ2) is 8.42. The number of halogens is 1. The molecule has 1 atom stereocenters. The van der Waals surface area contributed by atoms with Gasteiger partial charge in [-0.2, -0.15) is 0 Å². The van der Waals surface area contributed by atoms with Gasteiger partial charge in [0, 0.05) is 30.1 Å². The van der Waals surface area contributed by atoms with Gasteiger partial charge in [-0.15, -0.1) is 0 Å². The molecule has 2 aromatic heterocycles. The maximum absolute atomic E-state index is 13.4. The summed E-state index contributed by atoms with van der Waals surface area (Å²) in [5.74, 6) is 1.17. The molecule has 1 aliphatic carbocycles. The van der Waals surface area contributed by atoms with Crippen LogP contribution in [0.5, 0.6) is 5.75 Å². The van der Waals surface area contributed by atoms with E-state index in [1.54, 1.807) is 13.4 Å². The smallest absolute Gasteiger partial charge is 0.227 e. The van der Waals surface area contributed by atoms with E-state index < -0.39 is 0 Å². The number of aryl methyl sites for hydroxylation is 2. The van der Waals surface area contributed by atoms with E-state index in [1.807, 2.05) is 54.2 Å². The molecule has 6 nitrogen and oxygen atoms in total. The molecule has 0 fully saturated rings. The molecular weight excluding hydrogens is 405 g/mol. The van der Waals surface area contributed by atoms with Crippen molar-refractivity contribution >= 4 is 11.6 Å². The van der Waals surface area contributed by atoms with Crippen molar-refractivity contribution < 1.29 is 9.13 Å². The van der Waals surface area contributed by atoms with Crippen molar-refractivity contribution in [1.82, 2.24) is 19.5 Å². The van der Waals surface area contributed by atoms with Crippen LogP contribution in [0.1, 0.15) is 41.3 Å². The topological polar surface area (TPSA) is 64.9 Å². The number of methoxy groups -OCH3 is 1. The SMILES string of the molecule is COc1cc(Nc2ncc3c(n2)C(c2ccc(F)cc2)CCC3)ccc1-n1cnc(C)c1. The first kappa shape index (κ1) is 20.2. The van der Waals surface area contributed by atoms with Gasteiger partial charge in [0.25, 0.3) is 0 Å². The zero-order valence-electron chi connectivity index (χ0n) is 18.0. The fraction of sp³-hybridized carbons (Fsp3) is 0.240. The Hall–Kier alpha value is -3.74. The molecule has 0 saturated carbocycles. The molecule has 0 spiro atoms. The quantitative estimate of drug-likeness (QED) is 0.465. The predicted octanol–water partition coefficient (Wildman–Crippen LogP) is 5.33. The number of fused-ring (bicyclic) bond motifs is 1. The first-order chi connectivity index (χ1) is 15.6. The molecular formula is C25H24FN5O. The number of imidazole rings is 1. The van der Waals surface area contributed by atoms with Crippen molar-refractivity contribution in [2.45, 2.75) is 32.1 Å². The Morgan fingerprint density at radius 3 is 2.72 bits per heavy atom. The Morgan fingerprint density at radius 1 is 1.12 bits per heavy atom. The molecule has 32 heavy (non-hydrogen) atoms. The lowest BCUT2D eigenvalue weighted by atomic mass is 9.83. The molecule has 1 aliphatic rings. The molecule has 2 heterocycles. The summed E-state index contributed by atoms with van der Waals surface area (Å²) in [4.78, 5) is 13.7. The van der Waals surface area contributed by atoms with Crippen LogP contribution in [0.15, 0.2) is 61.2 Å². The minimum atomic E-state index is -0.224.